The number of hydrogen-bond acceptors (Lipinski definition) is 2. The van der Waals surface area contributed by atoms with Gasteiger partial charge in [0.05, 0.1) is 0 Å². The predicted molar refractivity (Wildman–Crippen MR) is 134 cm³/mol. The molecule has 4 aromatic carbocycles. The van der Waals surface area contributed by atoms with Crippen LogP contribution in [0.1, 0.15) is 0 Å². The molecule has 0 bridgehead atoms. The molecule has 0 spiro atoms. The molecule has 0 aliphatic heterocycles. The molecule has 0 atom stereocenters. The first kappa shape index (κ1) is 20.0. The van der Waals surface area contributed by atoms with Crippen LogP contribution in [0.2, 0.25) is 0 Å². The summed E-state index contributed by atoms with van der Waals surface area (Å²) in [4.78, 5) is 0. The third-order valence-electron chi connectivity index (χ3n) is 5.27. The van der Waals surface area contributed by atoms with E-state index in [9.17, 15) is 0 Å². The zero-order valence-corrected chi connectivity index (χ0v) is 19.4. The number of hydrogen-bond donors (Lipinski definition) is 1. The van der Waals surface area contributed by atoms with E-state index in [0.717, 1.165) is 0 Å². The van der Waals surface area contributed by atoms with Gasteiger partial charge in [-0.05, 0) is 0 Å². The van der Waals surface area contributed by atoms with Crippen LogP contribution in [0, 0.1) is 0 Å². The normalized spacial score (nSPS) is 12.6. The first-order valence-corrected chi connectivity index (χ1v) is 16.6. The van der Waals surface area contributed by atoms with Crippen LogP contribution in [0.4, 0.5) is 0 Å². The molecule has 0 radical (unpaired) electrons. The van der Waals surface area contributed by atoms with E-state index in [1.54, 1.807) is 10.0 Å². The van der Waals surface area contributed by atoms with Gasteiger partial charge in [-0.3, -0.25) is 0 Å². The van der Waals surface area contributed by atoms with Gasteiger partial charge in [0.15, 0.2) is 0 Å². The second-order valence-electron chi connectivity index (χ2n) is 6.79. The van der Waals surface area contributed by atoms with E-state index in [1.807, 2.05) is 0 Å². The minimum atomic E-state index is -4.07. The Morgan fingerprint density at radius 1 is 0.517 bits per heavy atom. The number of rotatable bonds is 5. The van der Waals surface area contributed by atoms with Crippen molar-refractivity contribution in [3.05, 3.63) is 121 Å². The second kappa shape index (κ2) is 8.20. The van der Waals surface area contributed by atoms with E-state index in [1.165, 1.54) is 17.4 Å². The van der Waals surface area contributed by atoms with Gasteiger partial charge in [0, 0.05) is 0 Å². The van der Waals surface area contributed by atoms with Crippen LogP contribution < -0.4 is 23.1 Å². The van der Waals surface area contributed by atoms with Crippen molar-refractivity contribution in [3.8, 4) is 0 Å². The quantitative estimate of drug-likeness (QED) is 0.354. The Kier molecular flexibility index (Phi) is 5.65. The van der Waals surface area contributed by atoms with Crippen molar-refractivity contribution >= 4 is 55.3 Å². The van der Waals surface area contributed by atoms with E-state index in [2.05, 4.69) is 121 Å². The van der Waals surface area contributed by atoms with E-state index in [-0.39, 0.29) is 0 Å². The maximum atomic E-state index is 6.35. The number of benzene rings is 4. The summed E-state index contributed by atoms with van der Waals surface area (Å²) in [7, 11) is 1.70. The fourth-order valence-electron chi connectivity index (χ4n) is 4.14. The average Bonchev–Trinajstić information content (AvgIpc) is 2.80. The molecule has 0 amide bonds. The summed E-state index contributed by atoms with van der Waals surface area (Å²) in [6, 6.07) is 43.1. The summed E-state index contributed by atoms with van der Waals surface area (Å²) in [5, 5.41) is 0. The van der Waals surface area contributed by atoms with E-state index < -0.39 is 11.3 Å². The summed E-state index contributed by atoms with van der Waals surface area (Å²) in [5.74, 6) is 0. The van der Waals surface area contributed by atoms with Gasteiger partial charge in [0.2, 0.25) is 0 Å². The van der Waals surface area contributed by atoms with Crippen molar-refractivity contribution in [2.75, 3.05) is 0 Å². The third kappa shape index (κ3) is 3.14. The zero-order chi connectivity index (χ0) is 20.2. The molecule has 4 heteroatoms. The molecule has 0 aliphatic rings. The van der Waals surface area contributed by atoms with Crippen molar-refractivity contribution in [3.63, 3.8) is 0 Å². The molecule has 2 N–H and O–H groups in total. The van der Waals surface area contributed by atoms with Crippen molar-refractivity contribution in [1.29, 1.82) is 0 Å². The Hall–Kier alpha value is -2.32. The van der Waals surface area contributed by atoms with Crippen LogP contribution in [0.5, 0.6) is 0 Å². The Bertz CT molecular complexity index is 931. The molecule has 29 heavy (non-hydrogen) atoms. The monoisotopic (exact) mass is 475 g/mol. The first-order chi connectivity index (χ1) is 14.2. The standard InChI is InChI=1S/C25H22AsNS2/c27-25(28)29-26(21-13-5-1-6-14-21,22-15-7-2-8-16-22,23-17-9-3-10-18-23)24-19-11-4-12-20-24/h1-20H,(H2,27,28). The van der Waals surface area contributed by atoms with E-state index in [4.69, 9.17) is 18.0 Å². The molecule has 0 aliphatic carbocycles. The number of thiocarbonyl (C=S) groups is 1. The number of nitrogens with two attached hydrogens (primary N) is 1. The Morgan fingerprint density at radius 2 is 0.759 bits per heavy atom. The minimum absolute atomic E-state index is 0.469. The fourth-order valence-corrected chi connectivity index (χ4v) is 24.7. The molecule has 0 unspecified atom stereocenters. The Morgan fingerprint density at radius 3 is 0.966 bits per heavy atom. The zero-order valence-electron chi connectivity index (χ0n) is 15.9. The fraction of sp³-hybridized carbons (Fsp3) is 0. The van der Waals surface area contributed by atoms with Gasteiger partial charge in [0.25, 0.3) is 0 Å². The van der Waals surface area contributed by atoms with Crippen molar-refractivity contribution in [1.82, 2.24) is 0 Å². The average molecular weight is 476 g/mol. The van der Waals surface area contributed by atoms with Crippen LogP contribution in [0.15, 0.2) is 121 Å². The van der Waals surface area contributed by atoms with Crippen LogP contribution >= 0.6 is 22.2 Å². The molecular formula is C25H22AsNS2. The molecular weight excluding hydrogens is 453 g/mol. The summed E-state index contributed by atoms with van der Waals surface area (Å²) < 4.78 is 5.61. The van der Waals surface area contributed by atoms with Crippen LogP contribution in [0.25, 0.3) is 0 Å². The van der Waals surface area contributed by atoms with Crippen molar-refractivity contribution in [2.45, 2.75) is 0 Å². The van der Waals surface area contributed by atoms with Gasteiger partial charge < -0.3 is 0 Å². The Labute approximate surface area is 181 Å². The molecule has 4 rings (SSSR count). The molecule has 0 saturated heterocycles. The van der Waals surface area contributed by atoms with Crippen LogP contribution in [-0.2, 0) is 0 Å². The van der Waals surface area contributed by atoms with E-state index in [0.29, 0.717) is 4.32 Å². The van der Waals surface area contributed by atoms with Crippen LogP contribution in [0.3, 0.4) is 0 Å². The van der Waals surface area contributed by atoms with Gasteiger partial charge >= 0.3 is 182 Å². The van der Waals surface area contributed by atoms with Crippen molar-refractivity contribution < 1.29 is 0 Å². The van der Waals surface area contributed by atoms with Crippen LogP contribution in [-0.4, -0.2) is 15.6 Å². The summed E-state index contributed by atoms with van der Waals surface area (Å²) in [6.07, 6.45) is 0. The Balaban J connectivity index is 2.31. The van der Waals surface area contributed by atoms with E-state index >= 15 is 0 Å². The van der Waals surface area contributed by atoms with Gasteiger partial charge in [0.1, 0.15) is 0 Å². The molecule has 0 fully saturated rings. The molecule has 0 saturated carbocycles. The second-order valence-corrected chi connectivity index (χ2v) is 21.7. The molecule has 1 nitrogen and oxygen atoms in total. The molecule has 144 valence electrons. The SMILES string of the molecule is NC(=S)S[As](c1ccccc1)(c1ccccc1)(c1ccccc1)c1ccccc1. The van der Waals surface area contributed by atoms with Crippen molar-refractivity contribution in [2.24, 2.45) is 5.73 Å². The summed E-state index contributed by atoms with van der Waals surface area (Å²) in [5.41, 5.74) is 6.35. The third-order valence-corrected chi connectivity index (χ3v) is 25.6. The molecule has 0 heterocycles. The van der Waals surface area contributed by atoms with Gasteiger partial charge in [-0.15, -0.1) is 0 Å². The molecule has 4 aromatic rings. The van der Waals surface area contributed by atoms with Gasteiger partial charge in [-0.25, -0.2) is 0 Å². The first-order valence-electron chi connectivity index (χ1n) is 9.42. The predicted octanol–water partition coefficient (Wildman–Crippen LogP) is 3.49. The van der Waals surface area contributed by atoms with Gasteiger partial charge in [-0.2, -0.15) is 0 Å². The summed E-state index contributed by atoms with van der Waals surface area (Å²) in [6.45, 7) is 0. The topological polar surface area (TPSA) is 26.0 Å². The van der Waals surface area contributed by atoms with Gasteiger partial charge in [-0.1, -0.05) is 0 Å². The molecule has 0 aromatic heterocycles. The summed E-state index contributed by atoms with van der Waals surface area (Å²) >= 11 is 1.53. The maximum absolute atomic E-state index is 6.35.